The van der Waals surface area contributed by atoms with Gasteiger partial charge in [-0.3, -0.25) is 19.6 Å². The predicted octanol–water partition coefficient (Wildman–Crippen LogP) is 3.68. The molecule has 14 heteroatoms. The lowest BCUT2D eigenvalue weighted by molar-refractivity contribution is -0.272. The van der Waals surface area contributed by atoms with Crippen LogP contribution in [0.5, 0.6) is 5.75 Å². The van der Waals surface area contributed by atoms with Gasteiger partial charge >= 0.3 is 12.4 Å². The molecule has 2 amide bonds. The summed E-state index contributed by atoms with van der Waals surface area (Å²) in [5, 5.41) is 2.34. The van der Waals surface area contributed by atoms with Gasteiger partial charge in [-0.25, -0.2) is 0 Å². The highest BCUT2D eigenvalue weighted by Gasteiger charge is 2.66. The van der Waals surface area contributed by atoms with Crippen LogP contribution in [0.25, 0.3) is 0 Å². The van der Waals surface area contributed by atoms with E-state index in [1.165, 1.54) is 13.0 Å². The van der Waals surface area contributed by atoms with E-state index in [2.05, 4.69) is 15.3 Å². The maximum absolute atomic E-state index is 14.0. The summed E-state index contributed by atoms with van der Waals surface area (Å²) in [5.74, 6) is -5.20. The molecule has 190 valence electrons. The number of primary amides is 1. The van der Waals surface area contributed by atoms with E-state index in [1.54, 1.807) is 0 Å². The second-order valence-electron chi connectivity index (χ2n) is 8.05. The molecule has 8 nitrogen and oxygen atoms in total. The number of rotatable bonds is 5. The molecule has 0 bridgehead atoms. The molecule has 1 aliphatic heterocycles. The third-order valence-corrected chi connectivity index (χ3v) is 5.97. The van der Waals surface area contributed by atoms with Gasteiger partial charge in [-0.05, 0) is 19.1 Å². The Hall–Kier alpha value is -3.42. The number of nitrogens with one attached hydrogen (secondary N) is 1. The fourth-order valence-electron chi connectivity index (χ4n) is 3.91. The Kier molecular flexibility index (Phi) is 6.72. The zero-order valence-electron chi connectivity index (χ0n) is 18.5. The smallest absolute Gasteiger partial charge is 0.433 e. The second-order valence-corrected chi connectivity index (χ2v) is 8.05. The summed E-state index contributed by atoms with van der Waals surface area (Å²) >= 11 is 0. The zero-order chi connectivity index (χ0) is 26.3. The van der Waals surface area contributed by atoms with Crippen LogP contribution in [-0.2, 0) is 15.7 Å². The molecular weight excluding hydrogens is 486 g/mol. The lowest BCUT2D eigenvalue weighted by atomic mass is 9.77. The Bertz CT molecular complexity index is 1140. The number of nitrogens with two attached hydrogens (primary N) is 1. The minimum Gasteiger partial charge on any atom is -0.496 e. The highest BCUT2D eigenvalue weighted by molar-refractivity contribution is 5.97. The highest BCUT2D eigenvalue weighted by Crippen LogP contribution is 2.54. The average molecular weight is 506 g/mol. The Balaban J connectivity index is 2.07. The Morgan fingerprint density at radius 1 is 1.17 bits per heavy atom. The van der Waals surface area contributed by atoms with Gasteiger partial charge in [-0.2, -0.15) is 26.3 Å². The number of nitrogens with zero attached hydrogens (tertiary/aromatic N) is 2. The lowest BCUT2D eigenvalue weighted by Gasteiger charge is -2.31. The van der Waals surface area contributed by atoms with E-state index in [1.807, 2.05) is 0 Å². The van der Waals surface area contributed by atoms with E-state index in [0.29, 0.717) is 6.07 Å². The number of anilines is 1. The number of ether oxygens (including phenoxy) is 2. The van der Waals surface area contributed by atoms with E-state index in [9.17, 15) is 35.9 Å². The summed E-state index contributed by atoms with van der Waals surface area (Å²) in [4.78, 5) is 31.4. The zero-order valence-corrected chi connectivity index (χ0v) is 18.5. The number of hydrogen-bond donors (Lipinski definition) is 2. The minimum atomic E-state index is -4.93. The molecule has 0 radical (unpaired) electrons. The first-order valence-corrected chi connectivity index (χ1v) is 10.0. The van der Waals surface area contributed by atoms with Gasteiger partial charge in [0.15, 0.2) is 5.60 Å². The first kappa shape index (κ1) is 26.2. The van der Waals surface area contributed by atoms with Crippen molar-refractivity contribution in [3.63, 3.8) is 0 Å². The number of hydrogen-bond acceptors (Lipinski definition) is 6. The van der Waals surface area contributed by atoms with Crippen LogP contribution in [-0.4, -0.2) is 46.8 Å². The Morgan fingerprint density at radius 3 is 2.37 bits per heavy atom. The monoisotopic (exact) mass is 506 g/mol. The fourth-order valence-corrected chi connectivity index (χ4v) is 3.91. The van der Waals surface area contributed by atoms with Crippen LogP contribution in [0.2, 0.25) is 0 Å². The third kappa shape index (κ3) is 4.88. The van der Waals surface area contributed by atoms with Gasteiger partial charge in [0, 0.05) is 41.5 Å². The number of halogens is 6. The molecule has 0 aromatic carbocycles. The van der Waals surface area contributed by atoms with Crippen molar-refractivity contribution in [1.29, 1.82) is 0 Å². The molecule has 0 unspecified atom stereocenters. The van der Waals surface area contributed by atoms with E-state index < -0.39 is 59.2 Å². The van der Waals surface area contributed by atoms with Crippen LogP contribution in [0.1, 0.15) is 41.5 Å². The van der Waals surface area contributed by atoms with Crippen molar-refractivity contribution in [2.45, 2.75) is 43.8 Å². The number of pyridine rings is 2. The normalized spacial score (nSPS) is 24.8. The predicted molar refractivity (Wildman–Crippen MR) is 108 cm³/mol. The molecule has 3 heterocycles. The molecule has 2 aromatic rings. The highest BCUT2D eigenvalue weighted by atomic mass is 19.4. The number of aromatic nitrogens is 2. The van der Waals surface area contributed by atoms with Gasteiger partial charge in [-0.15, -0.1) is 0 Å². The van der Waals surface area contributed by atoms with Crippen LogP contribution >= 0.6 is 0 Å². The molecule has 35 heavy (non-hydrogen) atoms. The van der Waals surface area contributed by atoms with E-state index >= 15 is 0 Å². The maximum atomic E-state index is 14.0. The molecule has 3 rings (SSSR count). The molecule has 1 fully saturated rings. The number of alkyl halides is 6. The lowest BCUT2D eigenvalue weighted by Crippen LogP contribution is -2.47. The summed E-state index contributed by atoms with van der Waals surface area (Å²) in [7, 11) is 1.04. The molecule has 1 aliphatic rings. The second kappa shape index (κ2) is 8.98. The summed E-state index contributed by atoms with van der Waals surface area (Å²) in [6, 6.07) is 2.92. The van der Waals surface area contributed by atoms with Crippen molar-refractivity contribution in [3.8, 4) is 5.75 Å². The molecule has 0 spiro atoms. The summed E-state index contributed by atoms with van der Waals surface area (Å²) in [5.41, 5.74) is 0.602. The standard InChI is InChI=1S/C21H20F6N4O4/c1-9-15(11-8-30-14(20(22,23)24)7-13(11)34-3)16(35-19(9,2)21(25,26)27)18(33)31-10-4-5-29-12(6-10)17(28)32/h4-9,15-16H,1-3H3,(H2,28,32)(H,29,31,33)/t9-,15+,16-,19-/m1/s1. The number of carbonyl (C=O) groups excluding carboxylic acids is 2. The largest absolute Gasteiger partial charge is 0.496 e. The molecular formula is C21H20F6N4O4. The van der Waals surface area contributed by atoms with Crippen molar-refractivity contribution in [3.05, 3.63) is 47.5 Å². The van der Waals surface area contributed by atoms with Crippen LogP contribution in [0, 0.1) is 5.92 Å². The Labute approximate surface area is 194 Å². The molecule has 4 atom stereocenters. The van der Waals surface area contributed by atoms with Crippen molar-refractivity contribution in [1.82, 2.24) is 9.97 Å². The molecule has 2 aromatic heterocycles. The third-order valence-electron chi connectivity index (χ3n) is 5.97. The number of carbonyl (C=O) groups is 2. The van der Waals surface area contributed by atoms with Gasteiger partial charge < -0.3 is 20.5 Å². The molecule has 1 saturated heterocycles. The van der Waals surface area contributed by atoms with Gasteiger partial charge in [0.1, 0.15) is 23.2 Å². The van der Waals surface area contributed by atoms with Crippen molar-refractivity contribution < 1.29 is 45.4 Å². The van der Waals surface area contributed by atoms with Crippen molar-refractivity contribution in [2.24, 2.45) is 11.7 Å². The fraction of sp³-hybridized carbons (Fsp3) is 0.429. The molecule has 0 aliphatic carbocycles. The maximum Gasteiger partial charge on any atom is 0.433 e. The topological polar surface area (TPSA) is 116 Å². The van der Waals surface area contributed by atoms with Gasteiger partial charge in [0.25, 0.3) is 11.8 Å². The number of methoxy groups -OCH3 is 1. The van der Waals surface area contributed by atoms with E-state index in [4.69, 9.17) is 15.2 Å². The van der Waals surface area contributed by atoms with Crippen molar-refractivity contribution >= 4 is 17.5 Å². The minimum absolute atomic E-state index is 0.00748. The SMILES string of the molecule is COc1cc(C(F)(F)F)ncc1[C@@H]1[C@@H](C)[C@](C)(C(F)(F)F)O[C@H]1C(=O)Nc1ccnc(C(N)=O)c1. The van der Waals surface area contributed by atoms with E-state index in [-0.39, 0.29) is 16.9 Å². The number of amides is 2. The van der Waals surface area contributed by atoms with Gasteiger partial charge in [-0.1, -0.05) is 6.92 Å². The molecule has 3 N–H and O–H groups in total. The quantitative estimate of drug-likeness (QED) is 0.598. The van der Waals surface area contributed by atoms with E-state index in [0.717, 1.165) is 32.5 Å². The summed E-state index contributed by atoms with van der Waals surface area (Å²) in [6.07, 6.45) is -9.70. The van der Waals surface area contributed by atoms with Gasteiger partial charge in [0.2, 0.25) is 0 Å². The average Bonchev–Trinajstić information content (AvgIpc) is 3.04. The van der Waals surface area contributed by atoms with Crippen LogP contribution < -0.4 is 15.8 Å². The van der Waals surface area contributed by atoms with Crippen LogP contribution in [0.4, 0.5) is 32.0 Å². The summed E-state index contributed by atoms with van der Waals surface area (Å²) < 4.78 is 91.5. The Morgan fingerprint density at radius 2 is 1.83 bits per heavy atom. The molecule has 0 saturated carbocycles. The van der Waals surface area contributed by atoms with Crippen molar-refractivity contribution in [2.75, 3.05) is 12.4 Å². The van der Waals surface area contributed by atoms with Gasteiger partial charge in [0.05, 0.1) is 7.11 Å². The summed E-state index contributed by atoms with van der Waals surface area (Å²) in [6.45, 7) is 1.92. The van der Waals surface area contributed by atoms with Crippen LogP contribution in [0.15, 0.2) is 30.6 Å². The first-order chi connectivity index (χ1) is 16.1. The first-order valence-electron chi connectivity index (χ1n) is 10.0. The van der Waals surface area contributed by atoms with Crippen LogP contribution in [0.3, 0.4) is 0 Å².